The van der Waals surface area contributed by atoms with E-state index >= 15 is 0 Å². The number of nitrogens with zero attached hydrogens (tertiary/aromatic N) is 2. The Labute approximate surface area is 118 Å². The van der Waals surface area contributed by atoms with Gasteiger partial charge in [-0.2, -0.15) is 5.10 Å². The third kappa shape index (κ3) is 3.15. The largest absolute Gasteiger partial charge is 0.260 e. The van der Waals surface area contributed by atoms with Gasteiger partial charge in [0.1, 0.15) is 0 Å². The monoisotopic (exact) mass is 285 g/mol. The number of hydrogen-bond donors (Lipinski definition) is 1. The lowest BCUT2D eigenvalue weighted by Crippen LogP contribution is -2.25. The van der Waals surface area contributed by atoms with E-state index in [1.807, 2.05) is 0 Å². The summed E-state index contributed by atoms with van der Waals surface area (Å²) in [4.78, 5) is 4.13. The van der Waals surface area contributed by atoms with Crippen LogP contribution in [0.5, 0.6) is 0 Å². The van der Waals surface area contributed by atoms with Crippen molar-refractivity contribution in [2.45, 2.75) is 33.1 Å². The predicted octanol–water partition coefficient (Wildman–Crippen LogP) is 4.61. The van der Waals surface area contributed by atoms with Crippen molar-refractivity contribution in [1.82, 2.24) is 4.98 Å². The number of hydrogen-bond acceptors (Lipinski definition) is 3. The Morgan fingerprint density at radius 3 is 2.56 bits per heavy atom. The van der Waals surface area contributed by atoms with Gasteiger partial charge in [0.25, 0.3) is 0 Å². The van der Waals surface area contributed by atoms with Crippen molar-refractivity contribution in [3.05, 3.63) is 22.3 Å². The number of anilines is 1. The summed E-state index contributed by atoms with van der Waals surface area (Å²) in [6.07, 6.45) is 5.24. The zero-order chi connectivity index (χ0) is 13.1. The Hall–Kier alpha value is -0.800. The van der Waals surface area contributed by atoms with Crippen molar-refractivity contribution < 1.29 is 0 Å². The van der Waals surface area contributed by atoms with Gasteiger partial charge in [0.2, 0.25) is 0 Å². The summed E-state index contributed by atoms with van der Waals surface area (Å²) < 4.78 is 0. The first-order valence-corrected chi connectivity index (χ1v) is 6.98. The molecule has 0 aliphatic heterocycles. The molecule has 18 heavy (non-hydrogen) atoms. The van der Waals surface area contributed by atoms with Gasteiger partial charge >= 0.3 is 0 Å². The average molecular weight is 286 g/mol. The number of pyridine rings is 1. The van der Waals surface area contributed by atoms with E-state index in [0.717, 1.165) is 0 Å². The van der Waals surface area contributed by atoms with Gasteiger partial charge in [-0.1, -0.05) is 43.5 Å². The fourth-order valence-electron chi connectivity index (χ4n) is 2.35. The molecule has 2 rings (SSSR count). The molecule has 0 unspecified atom stereocenters. The molecule has 3 nitrogen and oxygen atoms in total. The van der Waals surface area contributed by atoms with E-state index in [-0.39, 0.29) is 0 Å². The molecule has 0 aromatic carbocycles. The van der Waals surface area contributed by atoms with Crippen molar-refractivity contribution in [2.75, 3.05) is 5.43 Å². The molecule has 1 aliphatic carbocycles. The van der Waals surface area contributed by atoms with Crippen molar-refractivity contribution >= 4 is 34.7 Å². The van der Waals surface area contributed by atoms with Crippen LogP contribution in [0.3, 0.4) is 0 Å². The minimum absolute atomic E-state index is 0.489. The fraction of sp³-hybridized carbons (Fsp3) is 0.538. The standard InChI is InChI=1S/C13H17Cl2N3/c1-8-4-3-5-9(2)12(8)17-18-13-11(15)6-10(14)7-16-13/h6-9H,3-5H2,1-2H3,(H,16,18)/t8-,9+. The highest BCUT2D eigenvalue weighted by molar-refractivity contribution is 6.35. The first-order chi connectivity index (χ1) is 8.58. The zero-order valence-corrected chi connectivity index (χ0v) is 12.1. The van der Waals surface area contributed by atoms with Gasteiger partial charge in [-0.05, 0) is 30.7 Å². The summed E-state index contributed by atoms with van der Waals surface area (Å²) in [6.45, 7) is 4.43. The Balaban J connectivity index is 2.13. The van der Waals surface area contributed by atoms with E-state index in [0.29, 0.717) is 27.7 Å². The van der Waals surface area contributed by atoms with Crippen molar-refractivity contribution in [1.29, 1.82) is 0 Å². The lowest BCUT2D eigenvalue weighted by molar-refractivity contribution is 0.486. The van der Waals surface area contributed by atoms with Crippen LogP contribution in [0, 0.1) is 11.8 Å². The van der Waals surface area contributed by atoms with Crippen LogP contribution in [0.4, 0.5) is 5.82 Å². The highest BCUT2D eigenvalue weighted by Gasteiger charge is 2.22. The van der Waals surface area contributed by atoms with Crippen LogP contribution in [0.15, 0.2) is 17.4 Å². The normalized spacial score (nSPS) is 26.3. The maximum atomic E-state index is 6.04. The van der Waals surface area contributed by atoms with Crippen molar-refractivity contribution in [2.24, 2.45) is 16.9 Å². The lowest BCUT2D eigenvalue weighted by atomic mass is 9.81. The maximum absolute atomic E-state index is 6.04. The van der Waals surface area contributed by atoms with Gasteiger partial charge in [-0.3, -0.25) is 5.43 Å². The minimum Gasteiger partial charge on any atom is -0.260 e. The number of hydrazone groups is 1. The summed E-state index contributed by atoms with van der Waals surface area (Å²) in [7, 11) is 0. The molecule has 1 heterocycles. The molecule has 5 heteroatoms. The summed E-state index contributed by atoms with van der Waals surface area (Å²) >= 11 is 11.8. The van der Waals surface area contributed by atoms with E-state index < -0.39 is 0 Å². The van der Waals surface area contributed by atoms with E-state index in [2.05, 4.69) is 29.4 Å². The molecule has 0 bridgehead atoms. The molecule has 1 saturated carbocycles. The summed E-state index contributed by atoms with van der Waals surface area (Å²) in [5, 5.41) is 5.50. The molecular weight excluding hydrogens is 269 g/mol. The SMILES string of the molecule is C[C@@H]1CCC[C@H](C)C1=NNc1ncc(Cl)cc1Cl. The highest BCUT2D eigenvalue weighted by atomic mass is 35.5. The van der Waals surface area contributed by atoms with E-state index in [4.69, 9.17) is 23.2 Å². The Morgan fingerprint density at radius 1 is 1.28 bits per heavy atom. The van der Waals surface area contributed by atoms with Crippen LogP contribution in [0.2, 0.25) is 10.0 Å². The number of nitrogens with one attached hydrogen (secondary N) is 1. The van der Waals surface area contributed by atoms with E-state index in [1.165, 1.54) is 25.0 Å². The molecule has 0 saturated heterocycles. The Bertz CT molecular complexity index is 448. The molecule has 1 N–H and O–H groups in total. The minimum atomic E-state index is 0.489. The first kappa shape index (κ1) is 13.6. The molecule has 1 aliphatic rings. The molecule has 1 fully saturated rings. The van der Waals surface area contributed by atoms with Crippen molar-refractivity contribution in [3.8, 4) is 0 Å². The summed E-state index contributed by atoms with van der Waals surface area (Å²) in [6, 6.07) is 1.66. The lowest BCUT2D eigenvalue weighted by Gasteiger charge is -2.26. The summed E-state index contributed by atoms with van der Waals surface area (Å²) in [5.41, 5.74) is 4.16. The van der Waals surface area contributed by atoms with Gasteiger partial charge in [0, 0.05) is 11.9 Å². The second-order valence-electron chi connectivity index (χ2n) is 4.87. The molecule has 0 spiro atoms. The third-order valence-corrected chi connectivity index (χ3v) is 3.88. The molecule has 2 atom stereocenters. The first-order valence-electron chi connectivity index (χ1n) is 6.22. The van der Waals surface area contributed by atoms with E-state index in [1.54, 1.807) is 12.3 Å². The zero-order valence-electron chi connectivity index (χ0n) is 10.6. The molecule has 0 amide bonds. The second kappa shape index (κ2) is 5.89. The number of rotatable bonds is 2. The van der Waals surface area contributed by atoms with Crippen molar-refractivity contribution in [3.63, 3.8) is 0 Å². The Morgan fingerprint density at radius 2 is 1.94 bits per heavy atom. The van der Waals surface area contributed by atoms with Gasteiger partial charge in [-0.15, -0.1) is 0 Å². The maximum Gasteiger partial charge on any atom is 0.165 e. The highest BCUT2D eigenvalue weighted by Crippen LogP contribution is 2.27. The molecule has 1 aromatic rings. The van der Waals surface area contributed by atoms with Crippen LogP contribution in [0.1, 0.15) is 33.1 Å². The van der Waals surface area contributed by atoms with Gasteiger partial charge in [0.15, 0.2) is 5.82 Å². The van der Waals surface area contributed by atoms with E-state index in [9.17, 15) is 0 Å². The second-order valence-corrected chi connectivity index (χ2v) is 5.71. The molecule has 98 valence electrons. The molecule has 0 radical (unpaired) electrons. The van der Waals surface area contributed by atoms with Gasteiger partial charge in [0.05, 0.1) is 10.0 Å². The topological polar surface area (TPSA) is 37.3 Å². The number of halogens is 2. The van der Waals surface area contributed by atoms with Crippen LogP contribution >= 0.6 is 23.2 Å². The summed E-state index contributed by atoms with van der Waals surface area (Å²) in [5.74, 6) is 1.60. The molecular formula is C13H17Cl2N3. The quantitative estimate of drug-likeness (QED) is 0.806. The smallest absolute Gasteiger partial charge is 0.165 e. The Kier molecular flexibility index (Phi) is 4.46. The molecule has 1 aromatic heterocycles. The van der Waals surface area contributed by atoms with Crippen LogP contribution in [-0.4, -0.2) is 10.7 Å². The average Bonchev–Trinajstić information content (AvgIpc) is 2.31. The van der Waals surface area contributed by atoms with Crippen LogP contribution < -0.4 is 5.43 Å². The fourth-order valence-corrected chi connectivity index (χ4v) is 2.77. The van der Waals surface area contributed by atoms with Crippen LogP contribution in [0.25, 0.3) is 0 Å². The van der Waals surface area contributed by atoms with Gasteiger partial charge < -0.3 is 0 Å². The number of aromatic nitrogens is 1. The van der Waals surface area contributed by atoms with Crippen LogP contribution in [-0.2, 0) is 0 Å². The third-order valence-electron chi connectivity index (χ3n) is 3.38. The predicted molar refractivity (Wildman–Crippen MR) is 77.5 cm³/mol. The van der Waals surface area contributed by atoms with Gasteiger partial charge in [-0.25, -0.2) is 4.98 Å².